The summed E-state index contributed by atoms with van der Waals surface area (Å²) in [5.41, 5.74) is 1.27. The summed E-state index contributed by atoms with van der Waals surface area (Å²) in [5.74, 6) is 2.61. The fourth-order valence-electron chi connectivity index (χ4n) is 2.54. The summed E-state index contributed by atoms with van der Waals surface area (Å²) in [5, 5.41) is 3.73. The number of methoxy groups -OCH3 is 1. The van der Waals surface area contributed by atoms with Crippen molar-refractivity contribution in [2.75, 3.05) is 7.11 Å². The Morgan fingerprint density at radius 1 is 1.35 bits per heavy atom. The first-order valence-electron chi connectivity index (χ1n) is 6.59. The highest BCUT2D eigenvalue weighted by molar-refractivity contribution is 5.20. The molecule has 2 aliphatic carbocycles. The van der Waals surface area contributed by atoms with Gasteiger partial charge in [-0.15, -0.1) is 0 Å². The molecule has 0 amide bonds. The van der Waals surface area contributed by atoms with Crippen LogP contribution in [-0.4, -0.2) is 18.1 Å². The van der Waals surface area contributed by atoms with Crippen molar-refractivity contribution in [2.24, 2.45) is 11.8 Å². The van der Waals surface area contributed by atoms with E-state index in [9.17, 15) is 0 Å². The molecule has 2 aliphatic rings. The predicted octanol–water partition coefficient (Wildman–Crippen LogP) is 2.37. The number of pyridine rings is 1. The number of ether oxygens (including phenoxy) is 1. The van der Waals surface area contributed by atoms with E-state index in [0.29, 0.717) is 5.88 Å². The van der Waals surface area contributed by atoms with Crippen LogP contribution < -0.4 is 10.1 Å². The Morgan fingerprint density at radius 2 is 2.06 bits per heavy atom. The van der Waals surface area contributed by atoms with Crippen molar-refractivity contribution in [1.82, 2.24) is 10.3 Å². The minimum absolute atomic E-state index is 0.707. The van der Waals surface area contributed by atoms with Gasteiger partial charge < -0.3 is 10.1 Å². The minimum Gasteiger partial charge on any atom is -0.481 e. The Balaban J connectivity index is 1.58. The molecular formula is C14H20N2O. The molecule has 92 valence electrons. The maximum atomic E-state index is 5.14. The highest BCUT2D eigenvalue weighted by Crippen LogP contribution is 2.44. The first kappa shape index (κ1) is 11.0. The lowest BCUT2D eigenvalue weighted by molar-refractivity contribution is 0.394. The van der Waals surface area contributed by atoms with E-state index in [1.165, 1.54) is 31.2 Å². The Labute approximate surface area is 103 Å². The molecule has 0 bridgehead atoms. The maximum Gasteiger partial charge on any atom is 0.213 e. The lowest BCUT2D eigenvalue weighted by Crippen LogP contribution is -2.32. The van der Waals surface area contributed by atoms with Gasteiger partial charge in [0.1, 0.15) is 0 Å². The van der Waals surface area contributed by atoms with Gasteiger partial charge in [0.2, 0.25) is 5.88 Å². The molecule has 2 saturated carbocycles. The van der Waals surface area contributed by atoms with E-state index in [2.05, 4.69) is 16.4 Å². The van der Waals surface area contributed by atoms with E-state index in [1.807, 2.05) is 12.3 Å². The summed E-state index contributed by atoms with van der Waals surface area (Å²) in [6, 6.07) is 4.84. The van der Waals surface area contributed by atoms with Gasteiger partial charge in [0.25, 0.3) is 0 Å². The molecule has 1 aromatic rings. The zero-order valence-corrected chi connectivity index (χ0v) is 10.4. The molecule has 0 aliphatic heterocycles. The largest absolute Gasteiger partial charge is 0.481 e. The molecule has 3 rings (SSSR count). The molecule has 0 saturated heterocycles. The van der Waals surface area contributed by atoms with Crippen LogP contribution in [0.2, 0.25) is 0 Å². The van der Waals surface area contributed by atoms with Gasteiger partial charge in [-0.1, -0.05) is 0 Å². The molecule has 0 unspecified atom stereocenters. The average Bonchev–Trinajstić information content (AvgIpc) is 3.22. The quantitative estimate of drug-likeness (QED) is 0.817. The van der Waals surface area contributed by atoms with E-state index in [1.54, 1.807) is 7.11 Å². The first-order valence-corrected chi connectivity index (χ1v) is 6.59. The first-order chi connectivity index (χ1) is 8.36. The van der Waals surface area contributed by atoms with Crippen LogP contribution in [0.15, 0.2) is 18.3 Å². The lowest BCUT2D eigenvalue weighted by Gasteiger charge is -2.17. The number of nitrogens with one attached hydrogen (secondary N) is 1. The number of hydrogen-bond acceptors (Lipinski definition) is 3. The molecule has 3 heteroatoms. The maximum absolute atomic E-state index is 5.14. The summed E-state index contributed by atoms with van der Waals surface area (Å²) in [7, 11) is 1.66. The molecule has 0 spiro atoms. The molecule has 0 aromatic carbocycles. The van der Waals surface area contributed by atoms with Crippen molar-refractivity contribution < 1.29 is 4.74 Å². The zero-order valence-electron chi connectivity index (χ0n) is 10.4. The van der Waals surface area contributed by atoms with Crippen molar-refractivity contribution in [2.45, 2.75) is 38.3 Å². The van der Waals surface area contributed by atoms with Crippen LogP contribution in [0, 0.1) is 11.8 Å². The number of nitrogens with zero attached hydrogens (tertiary/aromatic N) is 1. The van der Waals surface area contributed by atoms with Gasteiger partial charge in [0.05, 0.1) is 7.11 Å². The van der Waals surface area contributed by atoms with E-state index in [-0.39, 0.29) is 0 Å². The molecule has 0 atom stereocenters. The molecule has 17 heavy (non-hydrogen) atoms. The third-order valence-electron chi connectivity index (χ3n) is 3.81. The van der Waals surface area contributed by atoms with E-state index in [0.717, 1.165) is 24.4 Å². The van der Waals surface area contributed by atoms with Gasteiger partial charge in [0.15, 0.2) is 0 Å². The van der Waals surface area contributed by atoms with Crippen molar-refractivity contribution in [3.05, 3.63) is 23.9 Å². The summed E-state index contributed by atoms with van der Waals surface area (Å²) in [4.78, 5) is 4.13. The summed E-state index contributed by atoms with van der Waals surface area (Å²) in [6.07, 6.45) is 7.52. The number of aromatic nitrogens is 1. The van der Waals surface area contributed by atoms with Crippen LogP contribution in [0.3, 0.4) is 0 Å². The number of hydrogen-bond donors (Lipinski definition) is 1. The summed E-state index contributed by atoms with van der Waals surface area (Å²) < 4.78 is 5.14. The minimum atomic E-state index is 0.707. The summed E-state index contributed by atoms with van der Waals surface area (Å²) in [6.45, 7) is 0.941. The second-order valence-corrected chi connectivity index (χ2v) is 5.29. The lowest BCUT2D eigenvalue weighted by atomic mass is 10.1. The predicted molar refractivity (Wildman–Crippen MR) is 66.9 cm³/mol. The molecule has 3 nitrogen and oxygen atoms in total. The molecule has 1 N–H and O–H groups in total. The van der Waals surface area contributed by atoms with Crippen LogP contribution in [0.1, 0.15) is 31.2 Å². The van der Waals surface area contributed by atoms with Crippen LogP contribution in [0.4, 0.5) is 0 Å². The van der Waals surface area contributed by atoms with E-state index < -0.39 is 0 Å². The van der Waals surface area contributed by atoms with Crippen LogP contribution in [0.5, 0.6) is 5.88 Å². The Bertz CT molecular complexity index is 374. The Hall–Kier alpha value is -1.09. The average molecular weight is 232 g/mol. The fraction of sp³-hybridized carbons (Fsp3) is 0.643. The van der Waals surface area contributed by atoms with Gasteiger partial charge in [-0.25, -0.2) is 4.98 Å². The van der Waals surface area contributed by atoms with Crippen LogP contribution >= 0.6 is 0 Å². The standard InChI is InChI=1S/C14H20N2O/c1-17-13-8-10(6-7-15-13)9-16-14(11-2-3-11)12-4-5-12/h6-8,11-12,14,16H,2-5,9H2,1H3. The Kier molecular flexibility index (Phi) is 3.02. The molecule has 2 fully saturated rings. The SMILES string of the molecule is COc1cc(CNC(C2CC2)C2CC2)ccn1. The van der Waals surface area contributed by atoms with Gasteiger partial charge in [-0.3, -0.25) is 0 Å². The van der Waals surface area contributed by atoms with Crippen molar-refractivity contribution in [3.63, 3.8) is 0 Å². The van der Waals surface area contributed by atoms with E-state index >= 15 is 0 Å². The zero-order chi connectivity index (χ0) is 11.7. The second kappa shape index (κ2) is 4.65. The third kappa shape index (κ3) is 2.78. The molecule has 0 radical (unpaired) electrons. The van der Waals surface area contributed by atoms with Crippen molar-refractivity contribution >= 4 is 0 Å². The summed E-state index contributed by atoms with van der Waals surface area (Å²) >= 11 is 0. The smallest absolute Gasteiger partial charge is 0.213 e. The highest BCUT2D eigenvalue weighted by atomic mass is 16.5. The fourth-order valence-corrected chi connectivity index (χ4v) is 2.54. The number of rotatable bonds is 6. The van der Waals surface area contributed by atoms with Gasteiger partial charge in [-0.05, 0) is 49.1 Å². The molecular weight excluding hydrogens is 212 g/mol. The Morgan fingerprint density at radius 3 is 2.65 bits per heavy atom. The third-order valence-corrected chi connectivity index (χ3v) is 3.81. The highest BCUT2D eigenvalue weighted by Gasteiger charge is 2.40. The molecule has 1 heterocycles. The van der Waals surface area contributed by atoms with Crippen LogP contribution in [0.25, 0.3) is 0 Å². The molecule has 1 aromatic heterocycles. The monoisotopic (exact) mass is 232 g/mol. The van der Waals surface area contributed by atoms with Crippen molar-refractivity contribution in [1.29, 1.82) is 0 Å². The second-order valence-electron chi connectivity index (χ2n) is 5.29. The van der Waals surface area contributed by atoms with Crippen molar-refractivity contribution in [3.8, 4) is 5.88 Å². The van der Waals surface area contributed by atoms with Gasteiger partial charge in [-0.2, -0.15) is 0 Å². The van der Waals surface area contributed by atoms with Crippen LogP contribution in [-0.2, 0) is 6.54 Å². The van der Waals surface area contributed by atoms with Gasteiger partial charge in [0, 0.05) is 24.8 Å². The van der Waals surface area contributed by atoms with Gasteiger partial charge >= 0.3 is 0 Å². The topological polar surface area (TPSA) is 34.1 Å². The normalized spacial score (nSPS) is 19.6. The van der Waals surface area contributed by atoms with E-state index in [4.69, 9.17) is 4.74 Å².